The van der Waals surface area contributed by atoms with Gasteiger partial charge in [-0.25, -0.2) is 0 Å². The number of rotatable bonds is 7. The van der Waals surface area contributed by atoms with E-state index >= 15 is 0 Å². The van der Waals surface area contributed by atoms with Crippen molar-refractivity contribution in [3.63, 3.8) is 0 Å². The van der Waals surface area contributed by atoms with Crippen molar-refractivity contribution in [1.29, 1.82) is 0 Å². The number of benzene rings is 4. The van der Waals surface area contributed by atoms with Gasteiger partial charge in [-0.2, -0.15) is 0 Å². The Morgan fingerprint density at radius 1 is 0.500 bits per heavy atom. The topological polar surface area (TPSA) is 58.2 Å². The molecule has 4 rings (SSSR count). The third-order valence-electron chi connectivity index (χ3n) is 6.52. The molecule has 0 saturated heterocycles. The maximum Gasteiger partial charge on any atom is 0.255 e. The van der Waals surface area contributed by atoms with Gasteiger partial charge in [-0.3, -0.25) is 9.59 Å². The molecule has 0 atom stereocenters. The molecule has 4 nitrogen and oxygen atoms in total. The van der Waals surface area contributed by atoms with Crippen LogP contribution >= 0.6 is 21.6 Å². The van der Waals surface area contributed by atoms with Gasteiger partial charge in [0, 0.05) is 20.9 Å². The highest BCUT2D eigenvalue weighted by Crippen LogP contribution is 2.43. The smallest absolute Gasteiger partial charge is 0.255 e. The zero-order valence-corrected chi connectivity index (χ0v) is 25.5. The number of nitrogens with one attached hydrogen (secondary N) is 2. The van der Waals surface area contributed by atoms with E-state index in [9.17, 15) is 9.59 Å². The van der Waals surface area contributed by atoms with Gasteiger partial charge in [0.05, 0.1) is 11.4 Å². The van der Waals surface area contributed by atoms with E-state index in [0.29, 0.717) is 11.1 Å². The fourth-order valence-corrected chi connectivity index (χ4v) is 6.28. The van der Waals surface area contributed by atoms with Crippen LogP contribution in [-0.2, 0) is 10.8 Å². The van der Waals surface area contributed by atoms with Crippen LogP contribution in [0.3, 0.4) is 0 Å². The summed E-state index contributed by atoms with van der Waals surface area (Å²) in [4.78, 5) is 27.9. The van der Waals surface area contributed by atoms with Crippen LogP contribution in [0.1, 0.15) is 73.4 Å². The molecule has 206 valence electrons. The van der Waals surface area contributed by atoms with Gasteiger partial charge in [0.2, 0.25) is 0 Å². The molecule has 0 spiro atoms. The van der Waals surface area contributed by atoms with Crippen LogP contribution in [0.5, 0.6) is 0 Å². The number of hydrogen-bond donors (Lipinski definition) is 2. The van der Waals surface area contributed by atoms with E-state index in [1.165, 1.54) is 32.7 Å². The zero-order chi connectivity index (χ0) is 28.9. The number of carbonyl (C=O) groups is 2. The lowest BCUT2D eigenvalue weighted by atomic mass is 9.86. The standard InChI is InChI=1S/C34H36N2O2S2/c1-33(2,3)25-19-15-23(16-20-25)31(37)35-27-11-7-9-13-29(27)39-40-30-14-10-8-12-28(30)36-32(38)24-17-21-26(22-18-24)34(4,5)6/h7-22H,1-6H3,(H,35,37)(H,36,38). The van der Waals surface area contributed by atoms with Crippen molar-refractivity contribution in [1.82, 2.24) is 0 Å². The molecule has 2 amide bonds. The average Bonchev–Trinajstić information content (AvgIpc) is 2.92. The summed E-state index contributed by atoms with van der Waals surface area (Å²) in [5.41, 5.74) is 5.14. The largest absolute Gasteiger partial charge is 0.321 e. The average molecular weight is 569 g/mol. The summed E-state index contributed by atoms with van der Waals surface area (Å²) in [5, 5.41) is 6.12. The monoisotopic (exact) mass is 568 g/mol. The summed E-state index contributed by atoms with van der Waals surface area (Å²) < 4.78 is 0. The Bertz CT molecular complexity index is 1370. The molecule has 6 heteroatoms. The van der Waals surface area contributed by atoms with E-state index < -0.39 is 0 Å². The number of carbonyl (C=O) groups excluding carboxylic acids is 2. The molecule has 0 heterocycles. The van der Waals surface area contributed by atoms with E-state index in [0.717, 1.165) is 21.2 Å². The van der Waals surface area contributed by atoms with Gasteiger partial charge in [-0.1, -0.05) is 112 Å². The van der Waals surface area contributed by atoms with Gasteiger partial charge in [-0.15, -0.1) is 0 Å². The van der Waals surface area contributed by atoms with E-state index in [-0.39, 0.29) is 22.6 Å². The van der Waals surface area contributed by atoms with Crippen LogP contribution in [0.15, 0.2) is 107 Å². The van der Waals surface area contributed by atoms with Gasteiger partial charge >= 0.3 is 0 Å². The molecule has 0 unspecified atom stereocenters. The van der Waals surface area contributed by atoms with E-state index in [1.807, 2.05) is 97.1 Å². The molecule has 0 aliphatic carbocycles. The molecule has 0 bridgehead atoms. The first-order chi connectivity index (χ1) is 18.9. The Balaban J connectivity index is 1.44. The van der Waals surface area contributed by atoms with Crippen molar-refractivity contribution in [2.24, 2.45) is 0 Å². The fraction of sp³-hybridized carbons (Fsp3) is 0.235. The minimum Gasteiger partial charge on any atom is -0.321 e. The minimum atomic E-state index is -0.149. The van der Waals surface area contributed by atoms with Gasteiger partial charge in [0.1, 0.15) is 0 Å². The lowest BCUT2D eigenvalue weighted by Gasteiger charge is -2.19. The highest BCUT2D eigenvalue weighted by atomic mass is 33.1. The number of anilines is 2. The van der Waals surface area contributed by atoms with Gasteiger partial charge in [0.25, 0.3) is 11.8 Å². The molecule has 0 radical (unpaired) electrons. The third-order valence-corrected chi connectivity index (χ3v) is 9.00. The first-order valence-corrected chi connectivity index (χ1v) is 15.4. The van der Waals surface area contributed by atoms with Crippen molar-refractivity contribution in [2.75, 3.05) is 10.6 Å². The minimum absolute atomic E-state index is 0.0299. The molecule has 0 aromatic heterocycles. The first-order valence-electron chi connectivity index (χ1n) is 13.3. The summed E-state index contributed by atoms with van der Waals surface area (Å²) in [5.74, 6) is -0.299. The Morgan fingerprint density at radius 3 is 1.15 bits per heavy atom. The zero-order valence-electron chi connectivity index (χ0n) is 23.9. The maximum atomic E-state index is 13.0. The second kappa shape index (κ2) is 12.4. The first kappa shape index (κ1) is 29.5. The molecule has 4 aromatic rings. The van der Waals surface area contributed by atoms with Crippen LogP contribution < -0.4 is 10.6 Å². The molecule has 0 aliphatic heterocycles. The van der Waals surface area contributed by atoms with Crippen LogP contribution in [0.2, 0.25) is 0 Å². The highest BCUT2D eigenvalue weighted by Gasteiger charge is 2.17. The molecular formula is C34H36N2O2S2. The normalized spacial score (nSPS) is 11.7. The van der Waals surface area contributed by atoms with Crippen molar-refractivity contribution in [2.45, 2.75) is 62.2 Å². The summed E-state index contributed by atoms with van der Waals surface area (Å²) >= 11 is 0. The Labute approximate surface area is 245 Å². The summed E-state index contributed by atoms with van der Waals surface area (Å²) in [6.07, 6.45) is 0. The lowest BCUT2D eigenvalue weighted by Crippen LogP contribution is -2.14. The highest BCUT2D eigenvalue weighted by molar-refractivity contribution is 8.76. The molecule has 2 N–H and O–H groups in total. The second-order valence-electron chi connectivity index (χ2n) is 11.7. The number of hydrogen-bond acceptors (Lipinski definition) is 4. The molecule has 4 aromatic carbocycles. The van der Waals surface area contributed by atoms with Crippen LogP contribution in [0.25, 0.3) is 0 Å². The molecule has 0 aliphatic rings. The quantitative estimate of drug-likeness (QED) is 0.218. The summed E-state index contributed by atoms with van der Waals surface area (Å²) in [7, 11) is 3.07. The number of amides is 2. The molecule has 0 fully saturated rings. The predicted octanol–water partition coefficient (Wildman–Crippen LogP) is 9.59. The molecule has 0 saturated carbocycles. The summed E-state index contributed by atoms with van der Waals surface area (Å²) in [6, 6.07) is 31.0. The van der Waals surface area contributed by atoms with E-state index in [1.54, 1.807) is 0 Å². The Kier molecular flexibility index (Phi) is 9.12. The molecule has 40 heavy (non-hydrogen) atoms. The summed E-state index contributed by atoms with van der Waals surface area (Å²) in [6.45, 7) is 12.9. The fourth-order valence-electron chi connectivity index (χ4n) is 4.01. The van der Waals surface area contributed by atoms with Crippen LogP contribution in [0, 0.1) is 0 Å². The predicted molar refractivity (Wildman–Crippen MR) is 171 cm³/mol. The van der Waals surface area contributed by atoms with Gasteiger partial charge < -0.3 is 10.6 Å². The van der Waals surface area contributed by atoms with E-state index in [2.05, 4.69) is 52.2 Å². The second-order valence-corrected chi connectivity index (χ2v) is 13.9. The van der Waals surface area contributed by atoms with Crippen LogP contribution in [0.4, 0.5) is 11.4 Å². The molecular weight excluding hydrogens is 533 g/mol. The van der Waals surface area contributed by atoms with Gasteiger partial charge in [0.15, 0.2) is 0 Å². The lowest BCUT2D eigenvalue weighted by molar-refractivity contribution is 0.101. The third kappa shape index (κ3) is 7.58. The van der Waals surface area contributed by atoms with Crippen molar-refractivity contribution in [3.8, 4) is 0 Å². The van der Waals surface area contributed by atoms with Gasteiger partial charge in [-0.05, 0) is 70.5 Å². The Hall–Kier alpha value is -3.48. The SMILES string of the molecule is CC(C)(C)c1ccc(C(=O)Nc2ccccc2SSc2ccccc2NC(=O)c2ccc(C(C)(C)C)cc2)cc1. The van der Waals surface area contributed by atoms with Crippen molar-refractivity contribution < 1.29 is 9.59 Å². The van der Waals surface area contributed by atoms with E-state index in [4.69, 9.17) is 0 Å². The Morgan fingerprint density at radius 2 is 0.825 bits per heavy atom. The van der Waals surface area contributed by atoms with Crippen molar-refractivity contribution in [3.05, 3.63) is 119 Å². The van der Waals surface area contributed by atoms with Crippen LogP contribution in [-0.4, -0.2) is 11.8 Å². The maximum absolute atomic E-state index is 13.0. The number of para-hydroxylation sites is 2. The van der Waals surface area contributed by atoms with Crippen molar-refractivity contribution >= 4 is 44.8 Å².